The highest BCUT2D eigenvalue weighted by Crippen LogP contribution is 2.25. The van der Waals surface area contributed by atoms with Gasteiger partial charge in [-0.15, -0.1) is 0 Å². The van der Waals surface area contributed by atoms with E-state index in [0.29, 0.717) is 0 Å². The Morgan fingerprint density at radius 3 is 2.19 bits per heavy atom. The lowest BCUT2D eigenvalue weighted by atomic mass is 10.0. The van der Waals surface area contributed by atoms with Gasteiger partial charge in [0, 0.05) is 5.56 Å². The predicted octanol–water partition coefficient (Wildman–Crippen LogP) is 4.52. The largest absolute Gasteiger partial charge is 0.242 e. The summed E-state index contributed by atoms with van der Waals surface area (Å²) in [6.07, 6.45) is -1.27. The third kappa shape index (κ3) is 2.11. The molecule has 2 heteroatoms. The van der Waals surface area contributed by atoms with E-state index in [1.807, 2.05) is 30.3 Å². The Labute approximate surface area is 93.5 Å². The van der Waals surface area contributed by atoms with Gasteiger partial charge in [0.25, 0.3) is 0 Å². The lowest BCUT2D eigenvalue weighted by molar-refractivity contribution is 0.361. The summed E-state index contributed by atoms with van der Waals surface area (Å²) in [7, 11) is 0. The molecule has 0 amide bonds. The summed E-state index contributed by atoms with van der Waals surface area (Å²) in [5, 5.41) is 0. The average molecular weight is 218 g/mol. The summed E-state index contributed by atoms with van der Waals surface area (Å²) in [4.78, 5) is 0. The second kappa shape index (κ2) is 4.44. The van der Waals surface area contributed by atoms with Crippen molar-refractivity contribution in [2.24, 2.45) is 0 Å². The Kier molecular flexibility index (Phi) is 3.00. The molecular formula is C14H12F2. The Balaban J connectivity index is 2.43. The lowest BCUT2D eigenvalue weighted by Crippen LogP contribution is -1.92. The summed E-state index contributed by atoms with van der Waals surface area (Å²) in [5.41, 5.74) is 1.81. The zero-order chi connectivity index (χ0) is 11.5. The van der Waals surface area contributed by atoms with E-state index < -0.39 is 12.0 Å². The SMILES string of the molecule is C[C@@H](F)c1ccc(-c2ccccc2)cc1F. The minimum absolute atomic E-state index is 0.111. The van der Waals surface area contributed by atoms with Gasteiger partial charge in [0.15, 0.2) is 0 Å². The van der Waals surface area contributed by atoms with E-state index in [0.717, 1.165) is 11.1 Å². The summed E-state index contributed by atoms with van der Waals surface area (Å²) in [6.45, 7) is 1.33. The van der Waals surface area contributed by atoms with Crippen LogP contribution in [-0.2, 0) is 0 Å². The zero-order valence-corrected chi connectivity index (χ0v) is 8.95. The van der Waals surface area contributed by atoms with Crippen molar-refractivity contribution in [1.82, 2.24) is 0 Å². The van der Waals surface area contributed by atoms with Crippen LogP contribution in [0, 0.1) is 5.82 Å². The smallest absolute Gasteiger partial charge is 0.129 e. The lowest BCUT2D eigenvalue weighted by Gasteiger charge is -2.07. The number of rotatable bonds is 2. The van der Waals surface area contributed by atoms with Crippen molar-refractivity contribution in [3.63, 3.8) is 0 Å². The third-order valence-electron chi connectivity index (χ3n) is 2.54. The van der Waals surface area contributed by atoms with Gasteiger partial charge in [-0.3, -0.25) is 0 Å². The first-order valence-electron chi connectivity index (χ1n) is 5.17. The van der Waals surface area contributed by atoms with E-state index in [9.17, 15) is 8.78 Å². The van der Waals surface area contributed by atoms with Crippen molar-refractivity contribution in [1.29, 1.82) is 0 Å². The van der Waals surface area contributed by atoms with E-state index in [4.69, 9.17) is 0 Å². The molecule has 0 saturated heterocycles. The molecule has 82 valence electrons. The molecule has 0 radical (unpaired) electrons. The van der Waals surface area contributed by atoms with E-state index >= 15 is 0 Å². The molecule has 1 atom stereocenters. The highest BCUT2D eigenvalue weighted by atomic mass is 19.1. The topological polar surface area (TPSA) is 0 Å². The molecular weight excluding hydrogens is 206 g/mol. The standard InChI is InChI=1S/C14H12F2/c1-10(15)13-8-7-12(9-14(13)16)11-5-3-2-4-6-11/h2-10H,1H3/t10-/m1/s1. The van der Waals surface area contributed by atoms with Gasteiger partial charge in [0.1, 0.15) is 12.0 Å². The van der Waals surface area contributed by atoms with Crippen molar-refractivity contribution < 1.29 is 8.78 Å². The molecule has 0 unspecified atom stereocenters. The van der Waals surface area contributed by atoms with Crippen LogP contribution in [-0.4, -0.2) is 0 Å². The third-order valence-corrected chi connectivity index (χ3v) is 2.54. The molecule has 0 N–H and O–H groups in total. The van der Waals surface area contributed by atoms with Gasteiger partial charge in [-0.05, 0) is 24.1 Å². The average Bonchev–Trinajstić information content (AvgIpc) is 2.29. The number of hydrogen-bond donors (Lipinski definition) is 0. The van der Waals surface area contributed by atoms with E-state index in [2.05, 4.69) is 0 Å². The van der Waals surface area contributed by atoms with Crippen molar-refractivity contribution in [3.8, 4) is 11.1 Å². The molecule has 2 aromatic rings. The second-order valence-corrected chi connectivity index (χ2v) is 3.72. The van der Waals surface area contributed by atoms with Gasteiger partial charge in [-0.25, -0.2) is 8.78 Å². The minimum Gasteiger partial charge on any atom is -0.242 e. The maximum atomic E-state index is 13.5. The van der Waals surface area contributed by atoms with Crippen molar-refractivity contribution in [2.45, 2.75) is 13.1 Å². The maximum Gasteiger partial charge on any atom is 0.129 e. The summed E-state index contributed by atoms with van der Waals surface area (Å²) in [6, 6.07) is 14.1. The predicted molar refractivity (Wildman–Crippen MR) is 61.4 cm³/mol. The normalized spacial score (nSPS) is 12.4. The molecule has 0 aliphatic carbocycles. The molecule has 0 fully saturated rings. The molecule has 2 rings (SSSR count). The Bertz CT molecular complexity index is 475. The Hall–Kier alpha value is -1.70. The minimum atomic E-state index is -1.27. The van der Waals surface area contributed by atoms with Gasteiger partial charge >= 0.3 is 0 Å². The Morgan fingerprint density at radius 2 is 1.62 bits per heavy atom. The van der Waals surface area contributed by atoms with Gasteiger partial charge in [0.05, 0.1) is 0 Å². The summed E-state index contributed by atoms with van der Waals surface area (Å²) in [5.74, 6) is -0.489. The van der Waals surface area contributed by atoms with Crippen LogP contribution in [0.1, 0.15) is 18.7 Å². The summed E-state index contributed by atoms with van der Waals surface area (Å²) >= 11 is 0. The van der Waals surface area contributed by atoms with Gasteiger partial charge in [0.2, 0.25) is 0 Å². The molecule has 2 aromatic carbocycles. The maximum absolute atomic E-state index is 13.5. The van der Waals surface area contributed by atoms with Crippen LogP contribution < -0.4 is 0 Å². The molecule has 0 saturated carbocycles. The van der Waals surface area contributed by atoms with Crippen molar-refractivity contribution in [3.05, 3.63) is 59.9 Å². The Morgan fingerprint density at radius 1 is 0.938 bits per heavy atom. The fraction of sp³-hybridized carbons (Fsp3) is 0.143. The first-order valence-corrected chi connectivity index (χ1v) is 5.17. The van der Waals surface area contributed by atoms with Crippen LogP contribution in [0.3, 0.4) is 0 Å². The number of hydrogen-bond acceptors (Lipinski definition) is 0. The van der Waals surface area contributed by atoms with Crippen LogP contribution >= 0.6 is 0 Å². The molecule has 0 aromatic heterocycles. The van der Waals surface area contributed by atoms with Crippen LogP contribution in [0.5, 0.6) is 0 Å². The van der Waals surface area contributed by atoms with Gasteiger partial charge in [-0.1, -0.05) is 42.5 Å². The van der Waals surface area contributed by atoms with Gasteiger partial charge in [-0.2, -0.15) is 0 Å². The van der Waals surface area contributed by atoms with Crippen LogP contribution in [0.15, 0.2) is 48.5 Å². The van der Waals surface area contributed by atoms with E-state index in [-0.39, 0.29) is 5.56 Å². The first-order chi connectivity index (χ1) is 7.68. The van der Waals surface area contributed by atoms with Crippen molar-refractivity contribution in [2.75, 3.05) is 0 Å². The molecule has 0 aliphatic rings. The molecule has 0 nitrogen and oxygen atoms in total. The highest BCUT2D eigenvalue weighted by Gasteiger charge is 2.10. The van der Waals surface area contributed by atoms with E-state index in [1.54, 1.807) is 6.07 Å². The van der Waals surface area contributed by atoms with Crippen LogP contribution in [0.25, 0.3) is 11.1 Å². The number of halogens is 2. The molecule has 16 heavy (non-hydrogen) atoms. The van der Waals surface area contributed by atoms with Crippen LogP contribution in [0.4, 0.5) is 8.78 Å². The summed E-state index contributed by atoms with van der Waals surface area (Å²) < 4.78 is 26.5. The fourth-order valence-corrected chi connectivity index (χ4v) is 1.66. The number of benzene rings is 2. The number of alkyl halides is 1. The first kappa shape index (κ1) is 10.8. The fourth-order valence-electron chi connectivity index (χ4n) is 1.66. The zero-order valence-electron chi connectivity index (χ0n) is 8.95. The second-order valence-electron chi connectivity index (χ2n) is 3.72. The quantitative estimate of drug-likeness (QED) is 0.695. The highest BCUT2D eigenvalue weighted by molar-refractivity contribution is 5.63. The molecule has 0 aliphatic heterocycles. The van der Waals surface area contributed by atoms with Gasteiger partial charge < -0.3 is 0 Å². The molecule has 0 spiro atoms. The molecule has 0 heterocycles. The molecule has 0 bridgehead atoms. The monoisotopic (exact) mass is 218 g/mol. The van der Waals surface area contributed by atoms with Crippen LogP contribution in [0.2, 0.25) is 0 Å². The van der Waals surface area contributed by atoms with Crippen molar-refractivity contribution >= 4 is 0 Å². The van der Waals surface area contributed by atoms with E-state index in [1.165, 1.54) is 19.1 Å².